The van der Waals surface area contributed by atoms with Crippen molar-refractivity contribution in [1.82, 2.24) is 15.1 Å². The van der Waals surface area contributed by atoms with Crippen LogP contribution >= 0.6 is 0 Å². The van der Waals surface area contributed by atoms with Gasteiger partial charge < -0.3 is 15.0 Å². The van der Waals surface area contributed by atoms with Crippen LogP contribution in [0.1, 0.15) is 12.0 Å². The quantitative estimate of drug-likeness (QED) is 0.922. The van der Waals surface area contributed by atoms with Crippen LogP contribution in [0.3, 0.4) is 0 Å². The Morgan fingerprint density at radius 3 is 3.05 bits per heavy atom. The summed E-state index contributed by atoms with van der Waals surface area (Å²) in [6.45, 7) is 2.83. The van der Waals surface area contributed by atoms with Crippen LogP contribution in [0.2, 0.25) is 0 Å². The zero-order valence-corrected chi connectivity index (χ0v) is 13.2. The van der Waals surface area contributed by atoms with Crippen molar-refractivity contribution >= 4 is 12.1 Å². The fourth-order valence-corrected chi connectivity index (χ4v) is 3.32. The predicted octanol–water partition coefficient (Wildman–Crippen LogP) is 1.81. The first-order valence-corrected chi connectivity index (χ1v) is 7.74. The molecule has 1 aromatic rings. The van der Waals surface area contributed by atoms with E-state index < -0.39 is 0 Å². The molecule has 5 heteroatoms. The van der Waals surface area contributed by atoms with Gasteiger partial charge in [-0.2, -0.15) is 0 Å². The predicted molar refractivity (Wildman–Crippen MR) is 87.0 cm³/mol. The summed E-state index contributed by atoms with van der Waals surface area (Å²) in [5, 5.41) is 3.06. The smallest absolute Gasteiger partial charge is 0.317 e. The van der Waals surface area contributed by atoms with E-state index >= 15 is 0 Å². The highest BCUT2D eigenvalue weighted by atomic mass is 16.5. The minimum atomic E-state index is 0.0569. The fraction of sp³-hybridized carbons (Fsp3) is 0.471. The number of piperidine rings is 1. The van der Waals surface area contributed by atoms with E-state index in [4.69, 9.17) is 4.74 Å². The number of likely N-dealkylation sites (tertiary alicyclic amines) is 1. The average molecular weight is 301 g/mol. The number of likely N-dealkylation sites (N-methyl/N-ethyl adjacent to an activating group) is 1. The monoisotopic (exact) mass is 301 g/mol. The molecular formula is C17H23N3O2. The molecule has 22 heavy (non-hydrogen) atoms. The Balaban J connectivity index is 1.57. The lowest BCUT2D eigenvalue weighted by Gasteiger charge is -2.35. The number of nitrogens with one attached hydrogen (secondary N) is 1. The zero-order chi connectivity index (χ0) is 15.5. The van der Waals surface area contributed by atoms with Gasteiger partial charge in [0.15, 0.2) is 0 Å². The van der Waals surface area contributed by atoms with Crippen LogP contribution in [0, 0.1) is 0 Å². The van der Waals surface area contributed by atoms with Crippen LogP contribution in [0.4, 0.5) is 4.79 Å². The molecule has 2 aliphatic heterocycles. The van der Waals surface area contributed by atoms with Crippen LogP contribution in [-0.2, 0) is 0 Å². The topological polar surface area (TPSA) is 44.8 Å². The van der Waals surface area contributed by atoms with Gasteiger partial charge in [-0.1, -0.05) is 30.4 Å². The lowest BCUT2D eigenvalue weighted by Crippen LogP contribution is -2.50. The first kappa shape index (κ1) is 14.9. The summed E-state index contributed by atoms with van der Waals surface area (Å²) < 4.78 is 5.35. The molecule has 0 aliphatic carbocycles. The minimum Gasteiger partial charge on any atom is -0.496 e. The van der Waals surface area contributed by atoms with Crippen molar-refractivity contribution < 1.29 is 9.53 Å². The molecule has 0 bridgehead atoms. The molecule has 0 aromatic heterocycles. The van der Waals surface area contributed by atoms with Gasteiger partial charge in [-0.25, -0.2) is 4.79 Å². The number of carbonyl (C=O) groups excluding carboxylic acids is 1. The van der Waals surface area contributed by atoms with E-state index in [1.165, 1.54) is 0 Å². The van der Waals surface area contributed by atoms with Crippen molar-refractivity contribution in [2.45, 2.75) is 18.5 Å². The molecule has 2 aliphatic rings. The summed E-state index contributed by atoms with van der Waals surface area (Å²) in [6.07, 6.45) is 5.30. The van der Waals surface area contributed by atoms with E-state index in [0.717, 1.165) is 37.4 Å². The van der Waals surface area contributed by atoms with Gasteiger partial charge in [-0.05, 0) is 12.5 Å². The number of para-hydroxylation sites is 1. The molecule has 2 saturated heterocycles. The average Bonchev–Trinajstić information content (AvgIpc) is 2.82. The molecular weight excluding hydrogens is 278 g/mol. The number of amides is 2. The second kappa shape index (κ2) is 6.40. The number of hydrogen-bond donors (Lipinski definition) is 1. The van der Waals surface area contributed by atoms with Gasteiger partial charge in [-0.3, -0.25) is 4.90 Å². The molecule has 5 nitrogen and oxygen atoms in total. The lowest BCUT2D eigenvalue weighted by molar-refractivity contribution is 0.163. The number of carbonyl (C=O) groups is 1. The third kappa shape index (κ3) is 2.95. The molecule has 1 aromatic carbocycles. The van der Waals surface area contributed by atoms with Gasteiger partial charge in [0, 0.05) is 32.2 Å². The van der Waals surface area contributed by atoms with Crippen LogP contribution in [-0.4, -0.2) is 61.7 Å². The zero-order valence-electron chi connectivity index (χ0n) is 13.2. The Bertz CT molecular complexity index is 573. The van der Waals surface area contributed by atoms with Gasteiger partial charge >= 0.3 is 6.03 Å². The van der Waals surface area contributed by atoms with E-state index in [9.17, 15) is 4.79 Å². The van der Waals surface area contributed by atoms with Gasteiger partial charge in [0.2, 0.25) is 0 Å². The molecule has 0 unspecified atom stereocenters. The summed E-state index contributed by atoms with van der Waals surface area (Å²) in [7, 11) is 3.58. The molecule has 0 saturated carbocycles. The summed E-state index contributed by atoms with van der Waals surface area (Å²) in [6, 6.07) is 8.66. The number of rotatable bonds is 4. The Hall–Kier alpha value is -2.01. The normalized spacial score (nSPS) is 25.4. The van der Waals surface area contributed by atoms with Gasteiger partial charge in [0.1, 0.15) is 5.75 Å². The highest BCUT2D eigenvalue weighted by Gasteiger charge is 2.40. The Morgan fingerprint density at radius 1 is 1.41 bits per heavy atom. The van der Waals surface area contributed by atoms with Crippen molar-refractivity contribution in [2.24, 2.45) is 0 Å². The SMILES string of the molecule is COc1ccccc1/C=C/CN1CC[C@H]2[C@@H](C1)NC(=O)N2C. The molecule has 0 spiro atoms. The Morgan fingerprint density at radius 2 is 2.23 bits per heavy atom. The second-order valence-electron chi connectivity index (χ2n) is 5.93. The van der Waals surface area contributed by atoms with Gasteiger partial charge in [-0.15, -0.1) is 0 Å². The van der Waals surface area contributed by atoms with E-state index in [0.29, 0.717) is 6.04 Å². The number of hydrogen-bond acceptors (Lipinski definition) is 3. The van der Waals surface area contributed by atoms with Crippen molar-refractivity contribution in [3.63, 3.8) is 0 Å². The molecule has 2 amide bonds. The second-order valence-corrected chi connectivity index (χ2v) is 5.93. The van der Waals surface area contributed by atoms with E-state index in [-0.39, 0.29) is 12.1 Å². The molecule has 118 valence electrons. The highest BCUT2D eigenvalue weighted by molar-refractivity contribution is 5.77. The van der Waals surface area contributed by atoms with Crippen LogP contribution in [0.15, 0.2) is 30.3 Å². The molecule has 3 rings (SSSR count). The molecule has 2 fully saturated rings. The van der Waals surface area contributed by atoms with Crippen molar-refractivity contribution in [3.05, 3.63) is 35.9 Å². The van der Waals surface area contributed by atoms with E-state index in [1.807, 2.05) is 36.2 Å². The molecule has 2 heterocycles. The number of ether oxygens (including phenoxy) is 1. The fourth-order valence-electron chi connectivity index (χ4n) is 3.32. The van der Waals surface area contributed by atoms with E-state index in [1.54, 1.807) is 7.11 Å². The van der Waals surface area contributed by atoms with Crippen molar-refractivity contribution in [3.8, 4) is 5.75 Å². The largest absolute Gasteiger partial charge is 0.496 e. The van der Waals surface area contributed by atoms with Crippen molar-refractivity contribution in [1.29, 1.82) is 0 Å². The number of fused-ring (bicyclic) bond motifs is 1. The molecule has 1 N–H and O–H groups in total. The van der Waals surface area contributed by atoms with E-state index in [2.05, 4.69) is 22.4 Å². The number of benzene rings is 1. The Kier molecular flexibility index (Phi) is 4.34. The number of nitrogens with zero attached hydrogens (tertiary/aromatic N) is 2. The van der Waals surface area contributed by atoms with Crippen molar-refractivity contribution in [2.75, 3.05) is 33.8 Å². The summed E-state index contributed by atoms with van der Waals surface area (Å²) in [5.41, 5.74) is 1.09. The Labute approximate surface area is 131 Å². The number of urea groups is 1. The third-order valence-corrected chi connectivity index (χ3v) is 4.59. The first-order chi connectivity index (χ1) is 10.7. The maximum absolute atomic E-state index is 11.7. The maximum Gasteiger partial charge on any atom is 0.317 e. The molecule has 2 atom stereocenters. The third-order valence-electron chi connectivity index (χ3n) is 4.59. The highest BCUT2D eigenvalue weighted by Crippen LogP contribution is 2.22. The maximum atomic E-state index is 11.7. The van der Waals surface area contributed by atoms with Crippen LogP contribution in [0.5, 0.6) is 5.75 Å². The number of methoxy groups -OCH3 is 1. The minimum absolute atomic E-state index is 0.0569. The van der Waals surface area contributed by atoms with Crippen LogP contribution < -0.4 is 10.1 Å². The first-order valence-electron chi connectivity index (χ1n) is 7.74. The van der Waals surface area contributed by atoms with Crippen LogP contribution in [0.25, 0.3) is 6.08 Å². The summed E-state index contributed by atoms with van der Waals surface area (Å²) >= 11 is 0. The summed E-state index contributed by atoms with van der Waals surface area (Å²) in [5.74, 6) is 0.891. The lowest BCUT2D eigenvalue weighted by atomic mass is 10.0. The summed E-state index contributed by atoms with van der Waals surface area (Å²) in [4.78, 5) is 15.9. The molecule has 0 radical (unpaired) electrons. The van der Waals surface area contributed by atoms with Gasteiger partial charge in [0.05, 0.1) is 19.2 Å². The standard InChI is InChI=1S/C17H23N3O2/c1-19-15-9-11-20(12-14(15)18-17(19)21)10-5-7-13-6-3-4-8-16(13)22-2/h3-8,14-15H,9-12H2,1-2H3,(H,18,21)/b7-5+/t14-,15+/m1/s1. The van der Waals surface area contributed by atoms with Gasteiger partial charge in [0.25, 0.3) is 0 Å².